The number of anilines is 1. The van der Waals surface area contributed by atoms with Crippen LogP contribution < -0.4 is 10.6 Å². The second kappa shape index (κ2) is 5.96. The second-order valence-electron chi connectivity index (χ2n) is 4.16. The topological polar surface area (TPSA) is 78.9 Å². The molecule has 5 nitrogen and oxygen atoms in total. The van der Waals surface area contributed by atoms with Crippen LogP contribution in [0.4, 0.5) is 5.82 Å². The van der Waals surface area contributed by atoms with E-state index in [4.69, 9.17) is 11.1 Å². The highest BCUT2D eigenvalue weighted by atomic mass is 127. The average molecular weight is 367 g/mol. The minimum absolute atomic E-state index is 0.0844. The fraction of sp³-hybridized carbons (Fsp3) is 0.154. The first kappa shape index (κ1) is 13.7. The van der Waals surface area contributed by atoms with Crippen LogP contribution in [0, 0.1) is 8.98 Å². The van der Waals surface area contributed by atoms with E-state index in [1.807, 2.05) is 36.2 Å². The maximum absolute atomic E-state index is 7.46. The Balaban J connectivity index is 2.19. The third-order valence-electron chi connectivity index (χ3n) is 2.67. The molecule has 0 aliphatic heterocycles. The van der Waals surface area contributed by atoms with Crippen LogP contribution in [0.25, 0.3) is 0 Å². The van der Waals surface area contributed by atoms with Crippen molar-refractivity contribution in [2.45, 2.75) is 6.54 Å². The van der Waals surface area contributed by atoms with Gasteiger partial charge in [0.15, 0.2) is 0 Å². The fourth-order valence-electron chi connectivity index (χ4n) is 1.77. The van der Waals surface area contributed by atoms with Crippen LogP contribution >= 0.6 is 22.6 Å². The first-order valence-corrected chi connectivity index (χ1v) is 6.76. The summed E-state index contributed by atoms with van der Waals surface area (Å²) in [6.07, 6.45) is 3.32. The number of amidine groups is 1. The molecular formula is C13H14IN5. The summed E-state index contributed by atoms with van der Waals surface area (Å²) >= 11 is 2.21. The number of nitrogens with zero attached hydrogens (tertiary/aromatic N) is 3. The Bertz CT molecular complexity index is 599. The van der Waals surface area contributed by atoms with E-state index in [9.17, 15) is 0 Å². The van der Waals surface area contributed by atoms with E-state index in [2.05, 4.69) is 32.6 Å². The Morgan fingerprint density at radius 1 is 1.47 bits per heavy atom. The minimum atomic E-state index is 0.0844. The molecule has 19 heavy (non-hydrogen) atoms. The molecule has 3 N–H and O–H groups in total. The molecule has 1 heterocycles. The van der Waals surface area contributed by atoms with Gasteiger partial charge in [-0.05, 0) is 34.2 Å². The summed E-state index contributed by atoms with van der Waals surface area (Å²) in [5.74, 6) is 0.977. The van der Waals surface area contributed by atoms with Gasteiger partial charge >= 0.3 is 0 Å². The second-order valence-corrected chi connectivity index (χ2v) is 5.33. The van der Waals surface area contributed by atoms with Crippen molar-refractivity contribution in [3.05, 3.63) is 51.5 Å². The fourth-order valence-corrected chi connectivity index (χ4v) is 2.48. The minimum Gasteiger partial charge on any atom is -0.384 e. The molecule has 2 aromatic rings. The number of halogens is 1. The van der Waals surface area contributed by atoms with Crippen molar-refractivity contribution in [2.75, 3.05) is 11.9 Å². The summed E-state index contributed by atoms with van der Waals surface area (Å²) in [5, 5.41) is 7.46. The number of nitrogen functional groups attached to an aromatic ring is 1. The smallest absolute Gasteiger partial charge is 0.145 e. The van der Waals surface area contributed by atoms with E-state index in [1.165, 1.54) is 0 Å². The number of nitrogens with two attached hydrogens (primary N) is 1. The van der Waals surface area contributed by atoms with Crippen LogP contribution in [0.3, 0.4) is 0 Å². The maximum Gasteiger partial charge on any atom is 0.145 e. The lowest BCUT2D eigenvalue weighted by Crippen LogP contribution is -2.19. The van der Waals surface area contributed by atoms with Crippen LogP contribution in [0.1, 0.15) is 11.1 Å². The lowest BCUT2D eigenvalue weighted by molar-refractivity contribution is 0.885. The zero-order chi connectivity index (χ0) is 13.8. The van der Waals surface area contributed by atoms with Gasteiger partial charge in [-0.3, -0.25) is 5.41 Å². The number of nitrogens with one attached hydrogen (secondary N) is 1. The Morgan fingerprint density at radius 3 is 2.95 bits per heavy atom. The van der Waals surface area contributed by atoms with Crippen molar-refractivity contribution in [2.24, 2.45) is 5.73 Å². The van der Waals surface area contributed by atoms with Gasteiger partial charge < -0.3 is 10.6 Å². The molecule has 0 bridgehead atoms. The Labute approximate surface area is 125 Å². The summed E-state index contributed by atoms with van der Waals surface area (Å²) in [5.41, 5.74) is 7.32. The van der Waals surface area contributed by atoms with Gasteiger partial charge in [0.05, 0.1) is 3.57 Å². The lowest BCUT2D eigenvalue weighted by atomic mass is 10.1. The van der Waals surface area contributed by atoms with Crippen LogP contribution in [0.2, 0.25) is 0 Å². The molecule has 2 rings (SSSR count). The summed E-state index contributed by atoms with van der Waals surface area (Å²) in [7, 11) is 1.98. The van der Waals surface area contributed by atoms with E-state index in [1.54, 1.807) is 12.5 Å². The zero-order valence-electron chi connectivity index (χ0n) is 10.5. The molecule has 0 spiro atoms. The van der Waals surface area contributed by atoms with Gasteiger partial charge in [-0.15, -0.1) is 0 Å². The standard InChI is InChI=1S/C13H14IN5/c1-19(13-11(14)6-17-8-18-13)7-9-3-2-4-10(5-9)12(15)16/h2-6,8H,7H2,1H3,(H3,15,16). The van der Waals surface area contributed by atoms with Gasteiger partial charge in [-0.1, -0.05) is 18.2 Å². The van der Waals surface area contributed by atoms with Crippen LogP contribution in [0.15, 0.2) is 36.8 Å². The zero-order valence-corrected chi connectivity index (χ0v) is 12.6. The van der Waals surface area contributed by atoms with Gasteiger partial charge in [-0.25, -0.2) is 9.97 Å². The summed E-state index contributed by atoms with van der Waals surface area (Å²) in [6, 6.07) is 7.68. The Hall–Kier alpha value is -1.70. The molecule has 0 atom stereocenters. The summed E-state index contributed by atoms with van der Waals surface area (Å²) in [6.45, 7) is 0.703. The third kappa shape index (κ3) is 3.40. The molecule has 0 fully saturated rings. The monoisotopic (exact) mass is 367 g/mol. The molecule has 0 saturated heterocycles. The van der Waals surface area contributed by atoms with E-state index >= 15 is 0 Å². The molecule has 1 aromatic carbocycles. The van der Waals surface area contributed by atoms with Crippen molar-refractivity contribution in [1.29, 1.82) is 5.41 Å². The average Bonchev–Trinajstić information content (AvgIpc) is 2.39. The first-order valence-electron chi connectivity index (χ1n) is 5.68. The van der Waals surface area contributed by atoms with Gasteiger partial charge in [0, 0.05) is 25.4 Å². The van der Waals surface area contributed by atoms with E-state index in [-0.39, 0.29) is 5.84 Å². The highest BCUT2D eigenvalue weighted by Gasteiger charge is 2.08. The molecule has 0 aliphatic rings. The first-order chi connectivity index (χ1) is 9.08. The van der Waals surface area contributed by atoms with Crippen molar-refractivity contribution >= 4 is 34.2 Å². The van der Waals surface area contributed by atoms with Crippen LogP contribution in [-0.2, 0) is 6.54 Å². The van der Waals surface area contributed by atoms with E-state index < -0.39 is 0 Å². The molecule has 0 amide bonds. The normalized spacial score (nSPS) is 10.2. The van der Waals surface area contributed by atoms with Gasteiger partial charge in [-0.2, -0.15) is 0 Å². The molecule has 0 saturated carbocycles. The predicted molar refractivity (Wildman–Crippen MR) is 84.3 cm³/mol. The van der Waals surface area contributed by atoms with Crippen molar-refractivity contribution in [1.82, 2.24) is 9.97 Å². The Kier molecular flexibility index (Phi) is 4.31. The van der Waals surface area contributed by atoms with Crippen molar-refractivity contribution in [3.8, 4) is 0 Å². The van der Waals surface area contributed by atoms with Crippen LogP contribution in [0.5, 0.6) is 0 Å². The number of hydrogen-bond donors (Lipinski definition) is 2. The molecule has 98 valence electrons. The van der Waals surface area contributed by atoms with Gasteiger partial charge in [0.25, 0.3) is 0 Å². The molecule has 0 unspecified atom stereocenters. The molecule has 1 aromatic heterocycles. The molecule has 6 heteroatoms. The SMILES string of the molecule is CN(Cc1cccc(C(=N)N)c1)c1ncncc1I. The summed E-state index contributed by atoms with van der Waals surface area (Å²) in [4.78, 5) is 10.3. The molecule has 0 aliphatic carbocycles. The Morgan fingerprint density at radius 2 is 2.26 bits per heavy atom. The quantitative estimate of drug-likeness (QED) is 0.492. The maximum atomic E-state index is 7.46. The highest BCUT2D eigenvalue weighted by molar-refractivity contribution is 14.1. The van der Waals surface area contributed by atoms with Gasteiger partial charge in [0.1, 0.15) is 18.0 Å². The number of aromatic nitrogens is 2. The predicted octanol–water partition coefficient (Wildman–Crippen LogP) is 2.00. The van der Waals surface area contributed by atoms with E-state index in [0.717, 1.165) is 20.5 Å². The lowest BCUT2D eigenvalue weighted by Gasteiger charge is -2.19. The molecule has 0 radical (unpaired) electrons. The molecular weight excluding hydrogens is 353 g/mol. The van der Waals surface area contributed by atoms with Crippen molar-refractivity contribution in [3.63, 3.8) is 0 Å². The third-order valence-corrected chi connectivity index (χ3v) is 3.43. The van der Waals surface area contributed by atoms with Crippen molar-refractivity contribution < 1.29 is 0 Å². The van der Waals surface area contributed by atoms with Crippen LogP contribution in [-0.4, -0.2) is 22.9 Å². The number of hydrogen-bond acceptors (Lipinski definition) is 4. The largest absolute Gasteiger partial charge is 0.384 e. The van der Waals surface area contributed by atoms with Gasteiger partial charge in [0.2, 0.25) is 0 Å². The number of rotatable bonds is 4. The number of benzene rings is 1. The highest BCUT2D eigenvalue weighted by Crippen LogP contribution is 2.19. The summed E-state index contributed by atoms with van der Waals surface area (Å²) < 4.78 is 1.00. The van der Waals surface area contributed by atoms with E-state index in [0.29, 0.717) is 6.54 Å².